The minimum absolute atomic E-state index is 0.236. The Kier molecular flexibility index (Phi) is 3.27. The fourth-order valence-corrected chi connectivity index (χ4v) is 3.80. The average Bonchev–Trinajstić information content (AvgIpc) is 2.78. The number of nitro benzene ring substituents is 1. The van der Waals surface area contributed by atoms with Gasteiger partial charge in [-0.1, -0.05) is 13.0 Å². The van der Waals surface area contributed by atoms with Crippen LogP contribution in [-0.4, -0.2) is 29.0 Å². The largest absolute Gasteiger partial charge is 0.299 e. The van der Waals surface area contributed by atoms with Crippen LogP contribution in [0.25, 0.3) is 0 Å². The lowest BCUT2D eigenvalue weighted by molar-refractivity contribution is -0.384. The van der Waals surface area contributed by atoms with Crippen molar-refractivity contribution in [3.63, 3.8) is 0 Å². The highest BCUT2D eigenvalue weighted by atomic mass is 16.6. The van der Waals surface area contributed by atoms with Gasteiger partial charge < -0.3 is 0 Å². The Morgan fingerprint density at radius 3 is 3.05 bits per heavy atom. The summed E-state index contributed by atoms with van der Waals surface area (Å²) in [6, 6.07) is 6.02. The third-order valence-electron chi connectivity index (χ3n) is 4.57. The first-order valence-electron chi connectivity index (χ1n) is 7.22. The van der Waals surface area contributed by atoms with E-state index in [4.69, 9.17) is 0 Å². The fraction of sp³-hybridized carbons (Fsp3) is 0.600. The van der Waals surface area contributed by atoms with Crippen molar-refractivity contribution in [1.29, 1.82) is 0 Å². The third kappa shape index (κ3) is 2.14. The summed E-state index contributed by atoms with van der Waals surface area (Å²) in [6.07, 6.45) is 4.65. The summed E-state index contributed by atoms with van der Waals surface area (Å²) in [6.45, 7) is 4.55. The van der Waals surface area contributed by atoms with Crippen LogP contribution in [0.5, 0.6) is 0 Å². The molecule has 1 saturated heterocycles. The highest BCUT2D eigenvalue weighted by Gasteiger charge is 2.38. The van der Waals surface area contributed by atoms with E-state index in [9.17, 15) is 10.1 Å². The molecule has 1 aliphatic carbocycles. The van der Waals surface area contributed by atoms with Crippen molar-refractivity contribution in [3.05, 3.63) is 39.4 Å². The van der Waals surface area contributed by atoms with Crippen LogP contribution >= 0.6 is 0 Å². The molecule has 2 atom stereocenters. The minimum atomic E-state index is -0.286. The topological polar surface area (TPSA) is 46.4 Å². The Bertz CT molecular complexity index is 499. The number of fused-ring (bicyclic) bond motifs is 3. The summed E-state index contributed by atoms with van der Waals surface area (Å²) in [5.74, 6) is 0.594. The third-order valence-corrected chi connectivity index (χ3v) is 4.57. The Labute approximate surface area is 113 Å². The van der Waals surface area contributed by atoms with Crippen LogP contribution in [0.4, 0.5) is 5.69 Å². The molecule has 4 heteroatoms. The molecule has 1 aliphatic heterocycles. The van der Waals surface area contributed by atoms with Gasteiger partial charge in [0, 0.05) is 24.1 Å². The number of hydrogen-bond donors (Lipinski definition) is 0. The fourth-order valence-electron chi connectivity index (χ4n) is 3.80. The van der Waals surface area contributed by atoms with E-state index in [1.807, 2.05) is 6.07 Å². The van der Waals surface area contributed by atoms with Crippen molar-refractivity contribution >= 4 is 5.69 Å². The van der Waals surface area contributed by atoms with Crippen LogP contribution in [0, 0.1) is 10.1 Å². The molecule has 102 valence electrons. The summed E-state index contributed by atoms with van der Waals surface area (Å²) in [5, 5.41) is 10.9. The van der Waals surface area contributed by atoms with Crippen LogP contribution in [0.3, 0.4) is 0 Å². The average molecular weight is 260 g/mol. The van der Waals surface area contributed by atoms with Crippen molar-refractivity contribution in [2.75, 3.05) is 13.1 Å². The SMILES string of the molecule is CCCN1CCC[C@@H]2c3ccc([N+](=O)[O-])cc3C[C@H]21. The van der Waals surface area contributed by atoms with Crippen molar-refractivity contribution in [3.8, 4) is 0 Å². The van der Waals surface area contributed by atoms with E-state index in [1.54, 1.807) is 12.1 Å². The summed E-state index contributed by atoms with van der Waals surface area (Å²) in [5.41, 5.74) is 2.79. The molecule has 0 aromatic heterocycles. The molecular formula is C15H20N2O2. The summed E-state index contributed by atoms with van der Waals surface area (Å²) in [7, 11) is 0. The number of nitro groups is 1. The molecule has 4 nitrogen and oxygen atoms in total. The second kappa shape index (κ2) is 4.93. The zero-order valence-electron chi connectivity index (χ0n) is 11.3. The van der Waals surface area contributed by atoms with Gasteiger partial charge in [-0.3, -0.25) is 15.0 Å². The Balaban J connectivity index is 1.90. The molecule has 1 aromatic carbocycles. The maximum Gasteiger partial charge on any atom is 0.269 e. The smallest absolute Gasteiger partial charge is 0.269 e. The highest BCUT2D eigenvalue weighted by Crippen LogP contribution is 2.43. The molecule has 1 heterocycles. The van der Waals surface area contributed by atoms with Crippen LogP contribution in [0.1, 0.15) is 43.2 Å². The number of nitrogens with zero attached hydrogens (tertiary/aromatic N) is 2. The van der Waals surface area contributed by atoms with Gasteiger partial charge in [-0.2, -0.15) is 0 Å². The van der Waals surface area contributed by atoms with E-state index in [1.165, 1.54) is 36.9 Å². The molecule has 0 bridgehead atoms. The summed E-state index contributed by atoms with van der Waals surface area (Å²) in [4.78, 5) is 13.2. The molecule has 1 aromatic rings. The van der Waals surface area contributed by atoms with E-state index >= 15 is 0 Å². The summed E-state index contributed by atoms with van der Waals surface area (Å²) >= 11 is 0. The minimum Gasteiger partial charge on any atom is -0.299 e. The Morgan fingerprint density at radius 1 is 1.47 bits per heavy atom. The van der Waals surface area contributed by atoms with Gasteiger partial charge in [0.15, 0.2) is 0 Å². The Morgan fingerprint density at radius 2 is 2.32 bits per heavy atom. The molecule has 0 N–H and O–H groups in total. The standard InChI is InChI=1S/C15H20N2O2/c1-2-7-16-8-3-4-14-13-6-5-12(17(18)19)9-11(13)10-15(14)16/h5-6,9,14-15H,2-4,7-8,10H2,1H3/t14-,15-/m1/s1. The zero-order valence-corrected chi connectivity index (χ0v) is 11.3. The molecule has 0 unspecified atom stereocenters. The second-order valence-electron chi connectivity index (χ2n) is 5.70. The molecule has 3 rings (SSSR count). The predicted octanol–water partition coefficient (Wildman–Crippen LogP) is 3.11. The second-order valence-corrected chi connectivity index (χ2v) is 5.70. The quantitative estimate of drug-likeness (QED) is 0.619. The molecule has 0 radical (unpaired) electrons. The first kappa shape index (κ1) is 12.6. The molecule has 0 saturated carbocycles. The summed E-state index contributed by atoms with van der Waals surface area (Å²) < 4.78 is 0. The van der Waals surface area contributed by atoms with Gasteiger partial charge in [-0.15, -0.1) is 0 Å². The molecule has 0 amide bonds. The highest BCUT2D eigenvalue weighted by molar-refractivity contribution is 5.46. The van der Waals surface area contributed by atoms with E-state index < -0.39 is 0 Å². The van der Waals surface area contributed by atoms with E-state index in [0.717, 1.165) is 13.0 Å². The molecule has 2 aliphatic rings. The number of hydrogen-bond acceptors (Lipinski definition) is 3. The van der Waals surface area contributed by atoms with E-state index in [0.29, 0.717) is 12.0 Å². The monoisotopic (exact) mass is 260 g/mol. The predicted molar refractivity (Wildman–Crippen MR) is 74.4 cm³/mol. The van der Waals surface area contributed by atoms with Crippen molar-refractivity contribution < 1.29 is 4.92 Å². The number of likely N-dealkylation sites (tertiary alicyclic amines) is 1. The molecular weight excluding hydrogens is 240 g/mol. The van der Waals surface area contributed by atoms with Gasteiger partial charge in [-0.25, -0.2) is 0 Å². The number of piperidine rings is 1. The van der Waals surface area contributed by atoms with Crippen molar-refractivity contribution in [2.45, 2.75) is 44.6 Å². The van der Waals surface area contributed by atoms with Crippen LogP contribution in [0.15, 0.2) is 18.2 Å². The van der Waals surface area contributed by atoms with Crippen molar-refractivity contribution in [1.82, 2.24) is 4.90 Å². The van der Waals surface area contributed by atoms with Gasteiger partial charge in [0.1, 0.15) is 0 Å². The lowest BCUT2D eigenvalue weighted by Crippen LogP contribution is -2.42. The molecule has 1 fully saturated rings. The Hall–Kier alpha value is -1.42. The maximum absolute atomic E-state index is 10.9. The van der Waals surface area contributed by atoms with Crippen LogP contribution < -0.4 is 0 Å². The molecule has 0 spiro atoms. The lowest BCUT2D eigenvalue weighted by atomic mass is 9.88. The first-order valence-corrected chi connectivity index (χ1v) is 7.22. The maximum atomic E-state index is 10.9. The van der Waals surface area contributed by atoms with Gasteiger partial charge in [0.05, 0.1) is 4.92 Å². The number of rotatable bonds is 3. The van der Waals surface area contributed by atoms with Crippen LogP contribution in [0.2, 0.25) is 0 Å². The van der Waals surface area contributed by atoms with Crippen molar-refractivity contribution in [2.24, 2.45) is 0 Å². The van der Waals surface area contributed by atoms with E-state index in [2.05, 4.69) is 11.8 Å². The van der Waals surface area contributed by atoms with Crippen LogP contribution in [-0.2, 0) is 6.42 Å². The zero-order chi connectivity index (χ0) is 13.4. The normalized spacial score (nSPS) is 25.9. The lowest BCUT2D eigenvalue weighted by Gasteiger charge is -2.37. The van der Waals surface area contributed by atoms with Gasteiger partial charge in [0.2, 0.25) is 0 Å². The number of benzene rings is 1. The van der Waals surface area contributed by atoms with Gasteiger partial charge in [-0.05, 0) is 49.9 Å². The number of non-ortho nitro benzene ring substituents is 1. The first-order chi connectivity index (χ1) is 9.20. The molecule has 19 heavy (non-hydrogen) atoms. The van der Waals surface area contributed by atoms with E-state index in [-0.39, 0.29) is 10.6 Å². The van der Waals surface area contributed by atoms with Gasteiger partial charge in [0.25, 0.3) is 5.69 Å². The van der Waals surface area contributed by atoms with Gasteiger partial charge >= 0.3 is 0 Å².